The van der Waals surface area contributed by atoms with Gasteiger partial charge in [-0.15, -0.1) is 0 Å². The van der Waals surface area contributed by atoms with Gasteiger partial charge in [0.25, 0.3) is 5.91 Å². The average molecular weight is 733 g/mol. The molecule has 0 radical (unpaired) electrons. The van der Waals surface area contributed by atoms with Crippen molar-refractivity contribution in [2.24, 2.45) is 5.92 Å². The van der Waals surface area contributed by atoms with E-state index in [-0.39, 0.29) is 50.3 Å². The van der Waals surface area contributed by atoms with Crippen molar-refractivity contribution >= 4 is 48.4 Å². The lowest BCUT2D eigenvalue weighted by Gasteiger charge is -2.31. The first-order chi connectivity index (χ1) is 25.5. The van der Waals surface area contributed by atoms with Gasteiger partial charge in [-0.3, -0.25) is 14.4 Å². The highest BCUT2D eigenvalue weighted by molar-refractivity contribution is 6.72. The fourth-order valence-electron chi connectivity index (χ4n) is 8.41. The molecule has 53 heavy (non-hydrogen) atoms. The number of aromatic nitrogens is 1. The van der Waals surface area contributed by atoms with E-state index in [0.29, 0.717) is 23.5 Å². The molecule has 7 rings (SSSR count). The zero-order chi connectivity index (χ0) is 37.3. The van der Waals surface area contributed by atoms with Gasteiger partial charge < -0.3 is 34.1 Å². The Morgan fingerprint density at radius 2 is 1.66 bits per heavy atom. The molecule has 1 spiro atoms. The Kier molecular flexibility index (Phi) is 10.1. The van der Waals surface area contributed by atoms with Gasteiger partial charge in [0.2, 0.25) is 20.2 Å². The normalized spacial score (nSPS) is 21.0. The van der Waals surface area contributed by atoms with Gasteiger partial charge >= 0.3 is 0 Å². The van der Waals surface area contributed by atoms with Crippen LogP contribution in [0.25, 0.3) is 10.9 Å². The molecule has 2 aliphatic heterocycles. The number of H-pyrrole nitrogens is 1. The van der Waals surface area contributed by atoms with Gasteiger partial charge in [0.05, 0.1) is 37.8 Å². The molecule has 1 fully saturated rings. The summed E-state index contributed by atoms with van der Waals surface area (Å²) in [6, 6.07) is 32.3. The van der Waals surface area contributed by atoms with Crippen LogP contribution in [0.15, 0.2) is 109 Å². The van der Waals surface area contributed by atoms with Crippen LogP contribution in [0, 0.1) is 5.92 Å². The van der Waals surface area contributed by atoms with Crippen molar-refractivity contribution < 1.29 is 28.3 Å². The van der Waals surface area contributed by atoms with Crippen LogP contribution in [0.3, 0.4) is 0 Å². The minimum atomic E-state index is -3.49. The van der Waals surface area contributed by atoms with Crippen LogP contribution in [-0.4, -0.2) is 60.4 Å². The Morgan fingerprint density at radius 1 is 0.962 bits per heavy atom. The fraction of sp³-hybridized carbons (Fsp3) is 0.310. The van der Waals surface area contributed by atoms with Gasteiger partial charge in [0.15, 0.2) is 5.60 Å². The monoisotopic (exact) mass is 732 g/mol. The molecule has 4 aromatic carbocycles. The first kappa shape index (κ1) is 36.3. The quantitative estimate of drug-likeness (QED) is 0.0938. The molecular formula is C42H45FN4O5Si. The number of carbonyl (C=O) groups excluding carboxylic acids is 3. The van der Waals surface area contributed by atoms with Crippen molar-refractivity contribution in [1.82, 2.24) is 9.88 Å². The summed E-state index contributed by atoms with van der Waals surface area (Å²) < 4.78 is 23.2. The second-order valence-corrected chi connectivity index (χ2v) is 18.5. The molecule has 0 unspecified atom stereocenters. The zero-order valence-corrected chi connectivity index (χ0v) is 31.2. The van der Waals surface area contributed by atoms with E-state index in [1.807, 2.05) is 116 Å². The standard InChI is InChI=1S/C42H45FN4O5Si/c1-28-40(53(2,3)43)37(24-39(50)46(21-22-48)26-29-11-5-4-6-12-29)52-42(28)34-14-8-10-16-36(34)47(41(42)51)27-30-17-19-32(20-18-30)45-38(49)23-31-25-44-35-15-9-7-13-33(31)35/h4-20,25,28,37,40,44,48H,21-24,26-27H2,1-3H3,(H,45,49)/t28-,37+,40-,42+/m0/s1. The average Bonchev–Trinajstić information content (AvgIpc) is 3.76. The van der Waals surface area contributed by atoms with Crippen molar-refractivity contribution in [2.75, 3.05) is 23.4 Å². The number of aliphatic hydroxyl groups excluding tert-OH is 1. The van der Waals surface area contributed by atoms with Gasteiger partial charge in [-0.05, 0) is 54.0 Å². The third-order valence-electron chi connectivity index (χ3n) is 10.8. The van der Waals surface area contributed by atoms with E-state index in [1.54, 1.807) is 22.9 Å². The molecule has 3 N–H and O–H groups in total. The number of hydrogen-bond donors (Lipinski definition) is 3. The highest BCUT2D eigenvalue weighted by Crippen LogP contribution is 2.60. The lowest BCUT2D eigenvalue weighted by Crippen LogP contribution is -2.45. The van der Waals surface area contributed by atoms with Crippen molar-refractivity contribution in [2.45, 2.75) is 63.2 Å². The Balaban J connectivity index is 1.09. The second kappa shape index (κ2) is 14.7. The topological polar surface area (TPSA) is 115 Å². The Morgan fingerprint density at radius 3 is 2.40 bits per heavy atom. The van der Waals surface area contributed by atoms with Crippen LogP contribution in [-0.2, 0) is 44.2 Å². The number of ether oxygens (including phenoxy) is 1. The Bertz CT molecular complexity index is 2120. The number of carbonyl (C=O) groups is 3. The summed E-state index contributed by atoms with van der Waals surface area (Å²) in [6.07, 6.45) is 1.15. The van der Waals surface area contributed by atoms with Crippen LogP contribution in [0.1, 0.15) is 35.6 Å². The summed E-state index contributed by atoms with van der Waals surface area (Å²) in [5, 5.41) is 13.8. The molecule has 1 aromatic heterocycles. The number of rotatable bonds is 12. The van der Waals surface area contributed by atoms with Crippen LogP contribution in [0.4, 0.5) is 15.5 Å². The van der Waals surface area contributed by atoms with E-state index in [1.165, 1.54) is 0 Å². The highest BCUT2D eigenvalue weighted by Gasteiger charge is 2.67. The first-order valence-electron chi connectivity index (χ1n) is 18.1. The van der Waals surface area contributed by atoms with Gasteiger partial charge in [-0.25, -0.2) is 0 Å². The lowest BCUT2D eigenvalue weighted by atomic mass is 9.82. The molecule has 0 bridgehead atoms. The first-order valence-corrected chi connectivity index (χ1v) is 21.1. The number of aromatic amines is 1. The van der Waals surface area contributed by atoms with Crippen LogP contribution in [0.5, 0.6) is 0 Å². The number of fused-ring (bicyclic) bond motifs is 3. The molecule has 1 saturated heterocycles. The summed E-state index contributed by atoms with van der Waals surface area (Å²) in [5.41, 5.74) is 3.57. The molecular weight excluding hydrogens is 688 g/mol. The molecule has 9 nitrogen and oxygen atoms in total. The minimum Gasteiger partial charge on any atom is -0.395 e. The molecule has 4 atom stereocenters. The van der Waals surface area contributed by atoms with Crippen LogP contribution < -0.4 is 10.2 Å². The molecule has 11 heteroatoms. The molecule has 0 saturated carbocycles. The number of halogens is 1. The number of hydrogen-bond acceptors (Lipinski definition) is 5. The number of benzene rings is 4. The van der Waals surface area contributed by atoms with Crippen molar-refractivity contribution in [3.8, 4) is 0 Å². The van der Waals surface area contributed by atoms with Crippen molar-refractivity contribution in [3.63, 3.8) is 0 Å². The molecule has 274 valence electrons. The summed E-state index contributed by atoms with van der Waals surface area (Å²) in [6.45, 7) is 5.58. The van der Waals surface area contributed by atoms with Crippen molar-refractivity contribution in [3.05, 3.63) is 132 Å². The predicted molar refractivity (Wildman–Crippen MR) is 206 cm³/mol. The second-order valence-electron chi connectivity index (χ2n) is 14.7. The van der Waals surface area contributed by atoms with E-state index < -0.39 is 31.6 Å². The van der Waals surface area contributed by atoms with Gasteiger partial charge in [0, 0.05) is 52.9 Å². The summed E-state index contributed by atoms with van der Waals surface area (Å²) >= 11 is 0. The fourth-order valence-corrected chi connectivity index (χ4v) is 10.9. The maximum absolute atomic E-state index is 16.4. The summed E-state index contributed by atoms with van der Waals surface area (Å²) in [4.78, 5) is 48.0. The summed E-state index contributed by atoms with van der Waals surface area (Å²) in [7, 11) is -3.49. The Hall–Kier alpha value is -5.10. The molecule has 5 aromatic rings. The number of nitrogens with one attached hydrogen (secondary N) is 2. The molecule has 3 amide bonds. The largest absolute Gasteiger partial charge is 0.395 e. The maximum Gasteiger partial charge on any atom is 0.264 e. The molecule has 0 aliphatic carbocycles. The lowest BCUT2D eigenvalue weighted by molar-refractivity contribution is -0.150. The maximum atomic E-state index is 16.4. The number of aliphatic hydroxyl groups is 1. The van der Waals surface area contributed by atoms with E-state index in [4.69, 9.17) is 4.74 Å². The number of para-hydroxylation sites is 2. The van der Waals surface area contributed by atoms with Crippen LogP contribution >= 0.6 is 0 Å². The molecule has 3 heterocycles. The third kappa shape index (κ3) is 7.04. The highest BCUT2D eigenvalue weighted by atomic mass is 28.4. The summed E-state index contributed by atoms with van der Waals surface area (Å²) in [5.74, 6) is -1.22. The van der Waals surface area contributed by atoms with Gasteiger partial charge in [0.1, 0.15) is 0 Å². The smallest absolute Gasteiger partial charge is 0.264 e. The SMILES string of the molecule is C[C@H]1[C@H]([Si](C)(C)F)[C@@H](CC(=O)N(CCO)Cc2ccccc2)O[C@]12C(=O)N(Cc1ccc(NC(=O)Cc3c[nH]c4ccccc34)cc1)c1ccccc12. The third-order valence-corrected chi connectivity index (χ3v) is 13.2. The van der Waals surface area contributed by atoms with Gasteiger partial charge in [-0.1, -0.05) is 85.8 Å². The number of amides is 3. The van der Waals surface area contributed by atoms with E-state index in [2.05, 4.69) is 10.3 Å². The predicted octanol–water partition coefficient (Wildman–Crippen LogP) is 7.08. The minimum absolute atomic E-state index is 0.104. The molecule has 2 aliphatic rings. The van der Waals surface area contributed by atoms with Crippen molar-refractivity contribution in [1.29, 1.82) is 0 Å². The zero-order valence-electron chi connectivity index (χ0n) is 30.2. The van der Waals surface area contributed by atoms with E-state index in [0.717, 1.165) is 27.6 Å². The van der Waals surface area contributed by atoms with Gasteiger partial charge in [-0.2, -0.15) is 0 Å². The van der Waals surface area contributed by atoms with E-state index in [9.17, 15) is 19.5 Å². The van der Waals surface area contributed by atoms with Crippen LogP contribution in [0.2, 0.25) is 18.6 Å². The number of nitrogens with zero attached hydrogens (tertiary/aromatic N) is 2. The number of anilines is 2. The van der Waals surface area contributed by atoms with E-state index >= 15 is 4.11 Å². The Labute approximate surface area is 310 Å².